The molecule has 1 N–H and O–H groups in total. The van der Waals surface area contributed by atoms with E-state index in [9.17, 15) is 9.90 Å². The van der Waals surface area contributed by atoms with Crippen LogP contribution in [0.4, 0.5) is 0 Å². The van der Waals surface area contributed by atoms with Gasteiger partial charge in [0.15, 0.2) is 5.82 Å². The van der Waals surface area contributed by atoms with Crippen molar-refractivity contribution in [2.75, 3.05) is 0 Å². The summed E-state index contributed by atoms with van der Waals surface area (Å²) in [5, 5.41) is 25.0. The summed E-state index contributed by atoms with van der Waals surface area (Å²) in [7, 11) is 0. The van der Waals surface area contributed by atoms with Gasteiger partial charge in [0.25, 0.3) is 0 Å². The number of hydrogen-bond donors (Lipinski definition) is 1. The Balaban J connectivity index is 1.61. The zero-order valence-corrected chi connectivity index (χ0v) is 16.2. The van der Waals surface area contributed by atoms with Crippen LogP contribution < -0.4 is 4.74 Å². The van der Waals surface area contributed by atoms with Gasteiger partial charge in [-0.15, -0.1) is 21.5 Å². The Morgan fingerprint density at radius 3 is 2.78 bits per heavy atom. The van der Waals surface area contributed by atoms with E-state index in [0.29, 0.717) is 27.5 Å². The largest absolute Gasteiger partial charge is 0.486 e. The van der Waals surface area contributed by atoms with Gasteiger partial charge in [-0.05, 0) is 35.7 Å². The minimum atomic E-state index is -0.879. The fourth-order valence-corrected chi connectivity index (χ4v) is 4.59. The first kappa shape index (κ1) is 18.0. The number of carboxylic acid groups (broad SMARTS) is 1. The van der Waals surface area contributed by atoms with Crippen LogP contribution in [0.1, 0.15) is 17.1 Å². The van der Waals surface area contributed by atoms with Crippen LogP contribution in [0.2, 0.25) is 5.02 Å². The highest BCUT2D eigenvalue weighted by molar-refractivity contribution is 8.00. The molecule has 1 aliphatic heterocycles. The molecule has 1 aromatic carbocycles. The van der Waals surface area contributed by atoms with Crippen molar-refractivity contribution in [2.24, 2.45) is 5.10 Å². The van der Waals surface area contributed by atoms with Crippen molar-refractivity contribution in [1.29, 1.82) is 0 Å². The third-order valence-electron chi connectivity index (χ3n) is 3.75. The molecule has 0 aliphatic carbocycles. The Morgan fingerprint density at radius 2 is 2.07 bits per heavy atom. The first-order chi connectivity index (χ1) is 13.1. The van der Waals surface area contributed by atoms with Crippen LogP contribution in [0, 0.1) is 0 Å². The van der Waals surface area contributed by atoms with Crippen molar-refractivity contribution >= 4 is 46.4 Å². The fraction of sp³-hybridized carbons (Fsp3) is 0.176. The number of halogens is 1. The molecule has 1 atom stereocenters. The van der Waals surface area contributed by atoms with Crippen LogP contribution in [-0.4, -0.2) is 36.9 Å². The second-order valence-electron chi connectivity index (χ2n) is 5.62. The lowest BCUT2D eigenvalue weighted by molar-refractivity contribution is -0.136. The Morgan fingerprint density at radius 1 is 1.26 bits per heavy atom. The summed E-state index contributed by atoms with van der Waals surface area (Å²) in [6, 6.07) is 10.9. The fourth-order valence-electron chi connectivity index (χ4n) is 2.52. The number of aliphatic carboxylic acids is 1. The van der Waals surface area contributed by atoms with Crippen molar-refractivity contribution in [3.8, 4) is 5.75 Å². The van der Waals surface area contributed by atoms with E-state index in [4.69, 9.17) is 16.3 Å². The molecular formula is C17H13ClN4O3S2. The Labute approximate surface area is 167 Å². The molecule has 0 saturated heterocycles. The number of thiophene rings is 1. The molecule has 0 radical (unpaired) electrons. The molecule has 7 nitrogen and oxygen atoms in total. The van der Waals surface area contributed by atoms with Crippen molar-refractivity contribution in [3.05, 3.63) is 57.5 Å². The number of thioether (sulfide) groups is 1. The van der Waals surface area contributed by atoms with Gasteiger partial charge in [-0.2, -0.15) is 9.78 Å². The SMILES string of the molecule is O=C(O)C[C@H]1Sc2nnc(COc3ccc(Cl)cc3)n2N=C1c1cccs1. The van der Waals surface area contributed by atoms with E-state index in [0.717, 1.165) is 4.88 Å². The molecule has 0 amide bonds. The second kappa shape index (κ2) is 7.71. The van der Waals surface area contributed by atoms with Gasteiger partial charge in [0.05, 0.1) is 22.3 Å². The molecule has 0 saturated carbocycles. The van der Waals surface area contributed by atoms with Crippen molar-refractivity contribution in [3.63, 3.8) is 0 Å². The average Bonchev–Trinajstić information content (AvgIpc) is 3.30. The first-order valence-corrected chi connectivity index (χ1v) is 10.1. The number of hydrogen-bond acceptors (Lipinski definition) is 7. The van der Waals surface area contributed by atoms with Gasteiger partial charge in [0, 0.05) is 5.02 Å². The summed E-state index contributed by atoms with van der Waals surface area (Å²) >= 11 is 8.74. The minimum absolute atomic E-state index is 0.0368. The Hall–Kier alpha value is -2.36. The van der Waals surface area contributed by atoms with Gasteiger partial charge < -0.3 is 9.84 Å². The topological polar surface area (TPSA) is 89.6 Å². The molecule has 3 heterocycles. The molecule has 0 unspecified atom stereocenters. The van der Waals surface area contributed by atoms with Crippen LogP contribution in [0.3, 0.4) is 0 Å². The zero-order valence-electron chi connectivity index (χ0n) is 13.8. The third kappa shape index (κ3) is 4.00. The van der Waals surface area contributed by atoms with Crippen LogP contribution in [0.25, 0.3) is 0 Å². The number of benzene rings is 1. The highest BCUT2D eigenvalue weighted by Gasteiger charge is 2.31. The normalized spacial score (nSPS) is 15.9. The van der Waals surface area contributed by atoms with Gasteiger partial charge in [-0.25, -0.2) is 0 Å². The predicted molar refractivity (Wildman–Crippen MR) is 104 cm³/mol. The van der Waals surface area contributed by atoms with E-state index in [-0.39, 0.29) is 18.3 Å². The predicted octanol–water partition coefficient (Wildman–Crippen LogP) is 3.77. The highest BCUT2D eigenvalue weighted by Crippen LogP contribution is 2.33. The van der Waals surface area contributed by atoms with E-state index in [1.54, 1.807) is 28.9 Å². The standard InChI is InChI=1S/C17H13ClN4O3S2/c18-10-3-5-11(6-4-10)25-9-14-19-20-17-22(14)21-16(12-2-1-7-26-12)13(27-17)8-15(23)24/h1-7,13H,8-9H2,(H,23,24)/t13-/m1/s1. The number of carboxylic acids is 1. The number of ether oxygens (including phenoxy) is 1. The van der Waals surface area contributed by atoms with Gasteiger partial charge >= 0.3 is 5.97 Å². The molecule has 0 bridgehead atoms. The maximum absolute atomic E-state index is 11.2. The molecule has 0 fully saturated rings. The van der Waals surface area contributed by atoms with Gasteiger partial charge in [-0.3, -0.25) is 4.79 Å². The molecule has 3 aromatic rings. The van der Waals surface area contributed by atoms with Crippen LogP contribution in [0.15, 0.2) is 52.0 Å². The molecule has 2 aromatic heterocycles. The number of carbonyl (C=O) groups is 1. The number of aromatic nitrogens is 3. The van der Waals surface area contributed by atoms with Crippen molar-refractivity contribution in [2.45, 2.75) is 23.4 Å². The number of rotatable bonds is 6. The van der Waals surface area contributed by atoms with Crippen molar-refractivity contribution < 1.29 is 14.6 Å². The Bertz CT molecular complexity index is 986. The Kier molecular flexibility index (Phi) is 5.15. The van der Waals surface area contributed by atoms with Crippen LogP contribution in [0.5, 0.6) is 5.75 Å². The van der Waals surface area contributed by atoms with Gasteiger partial charge in [0.1, 0.15) is 12.4 Å². The summed E-state index contributed by atoms with van der Waals surface area (Å²) < 4.78 is 7.36. The molecule has 138 valence electrons. The lowest BCUT2D eigenvalue weighted by Crippen LogP contribution is -2.26. The lowest BCUT2D eigenvalue weighted by atomic mass is 10.1. The number of nitrogens with zero attached hydrogens (tertiary/aromatic N) is 4. The number of fused-ring (bicyclic) bond motifs is 1. The molecule has 0 spiro atoms. The third-order valence-corrected chi connectivity index (χ3v) is 6.04. The van der Waals surface area contributed by atoms with E-state index in [1.807, 2.05) is 17.5 Å². The molecule has 4 rings (SSSR count). The van der Waals surface area contributed by atoms with E-state index < -0.39 is 5.97 Å². The maximum atomic E-state index is 11.2. The molecule has 27 heavy (non-hydrogen) atoms. The van der Waals surface area contributed by atoms with Gasteiger partial charge in [0.2, 0.25) is 5.16 Å². The molecular weight excluding hydrogens is 408 g/mol. The quantitative estimate of drug-likeness (QED) is 0.652. The minimum Gasteiger partial charge on any atom is -0.486 e. The monoisotopic (exact) mass is 420 g/mol. The van der Waals surface area contributed by atoms with Crippen LogP contribution in [-0.2, 0) is 11.4 Å². The smallest absolute Gasteiger partial charge is 0.304 e. The van der Waals surface area contributed by atoms with Crippen molar-refractivity contribution in [1.82, 2.24) is 14.9 Å². The molecule has 10 heteroatoms. The van der Waals surface area contributed by atoms with E-state index in [1.165, 1.54) is 23.1 Å². The highest BCUT2D eigenvalue weighted by atomic mass is 35.5. The summed E-state index contributed by atoms with van der Waals surface area (Å²) in [6.45, 7) is 0.181. The lowest BCUT2D eigenvalue weighted by Gasteiger charge is -2.21. The zero-order chi connectivity index (χ0) is 18.8. The van der Waals surface area contributed by atoms with E-state index in [2.05, 4.69) is 15.3 Å². The summed E-state index contributed by atoms with van der Waals surface area (Å²) in [5.74, 6) is 0.317. The summed E-state index contributed by atoms with van der Waals surface area (Å²) in [5.41, 5.74) is 0.706. The maximum Gasteiger partial charge on any atom is 0.304 e. The van der Waals surface area contributed by atoms with E-state index >= 15 is 0 Å². The summed E-state index contributed by atoms with van der Waals surface area (Å²) in [6.07, 6.45) is -0.0368. The molecule has 1 aliphatic rings. The first-order valence-electron chi connectivity index (χ1n) is 7.94. The second-order valence-corrected chi connectivity index (χ2v) is 8.17. The van der Waals surface area contributed by atoms with Crippen LogP contribution >= 0.6 is 34.7 Å². The average molecular weight is 421 g/mol. The summed E-state index contributed by atoms with van der Waals surface area (Å²) in [4.78, 5) is 12.2. The van der Waals surface area contributed by atoms with Gasteiger partial charge in [-0.1, -0.05) is 29.4 Å².